The number of aliphatic carboxylic acids is 1. The molecule has 0 aromatic rings. The molecule has 2 atom stereocenters. The SMILES string of the molecule is C[C@H]1CCCC[C@@]1(N)C(=O)O. The minimum atomic E-state index is -0.946. The zero-order valence-electron chi connectivity index (χ0n) is 6.84. The zero-order valence-corrected chi connectivity index (χ0v) is 6.84. The highest BCUT2D eigenvalue weighted by atomic mass is 16.4. The van der Waals surface area contributed by atoms with Gasteiger partial charge in [-0.05, 0) is 18.8 Å². The first-order valence-electron chi connectivity index (χ1n) is 4.09. The second-order valence-corrected chi connectivity index (χ2v) is 3.49. The molecule has 3 nitrogen and oxygen atoms in total. The smallest absolute Gasteiger partial charge is 0.323 e. The molecule has 0 heterocycles. The molecule has 3 heteroatoms. The number of rotatable bonds is 1. The number of carbonyl (C=O) groups is 1. The van der Waals surface area contributed by atoms with Gasteiger partial charge in [0.25, 0.3) is 0 Å². The minimum Gasteiger partial charge on any atom is -0.480 e. The van der Waals surface area contributed by atoms with Gasteiger partial charge in [-0.2, -0.15) is 0 Å². The summed E-state index contributed by atoms with van der Waals surface area (Å²) in [6, 6.07) is 0. The van der Waals surface area contributed by atoms with Crippen molar-refractivity contribution in [2.45, 2.75) is 38.1 Å². The topological polar surface area (TPSA) is 63.3 Å². The molecular formula is C8H15NO2. The normalized spacial score (nSPS) is 38.5. The molecule has 1 saturated carbocycles. The van der Waals surface area contributed by atoms with Gasteiger partial charge in [-0.15, -0.1) is 0 Å². The summed E-state index contributed by atoms with van der Waals surface area (Å²) in [6.07, 6.45) is 3.65. The molecule has 1 aliphatic rings. The third-order valence-electron chi connectivity index (χ3n) is 2.76. The molecule has 0 bridgehead atoms. The first-order valence-corrected chi connectivity index (χ1v) is 4.09. The fraction of sp³-hybridized carbons (Fsp3) is 0.875. The van der Waals surface area contributed by atoms with Crippen molar-refractivity contribution >= 4 is 5.97 Å². The summed E-state index contributed by atoms with van der Waals surface area (Å²) in [4.78, 5) is 10.8. The molecule has 64 valence electrons. The fourth-order valence-corrected chi connectivity index (χ4v) is 1.69. The number of nitrogens with two attached hydrogens (primary N) is 1. The Bertz CT molecular complexity index is 169. The first-order chi connectivity index (χ1) is 5.07. The van der Waals surface area contributed by atoms with Crippen molar-refractivity contribution in [3.63, 3.8) is 0 Å². The van der Waals surface area contributed by atoms with Gasteiger partial charge < -0.3 is 10.8 Å². The van der Waals surface area contributed by atoms with Crippen LogP contribution < -0.4 is 5.73 Å². The van der Waals surface area contributed by atoms with Gasteiger partial charge >= 0.3 is 5.97 Å². The van der Waals surface area contributed by atoms with Crippen LogP contribution in [0.3, 0.4) is 0 Å². The average Bonchev–Trinajstić information content (AvgIpc) is 1.95. The van der Waals surface area contributed by atoms with Gasteiger partial charge in [-0.25, -0.2) is 0 Å². The Morgan fingerprint density at radius 2 is 2.27 bits per heavy atom. The van der Waals surface area contributed by atoms with Crippen LogP contribution in [0.2, 0.25) is 0 Å². The monoisotopic (exact) mass is 157 g/mol. The van der Waals surface area contributed by atoms with Gasteiger partial charge in [0.05, 0.1) is 0 Å². The van der Waals surface area contributed by atoms with Crippen molar-refractivity contribution in [3.05, 3.63) is 0 Å². The number of hydrogen-bond donors (Lipinski definition) is 2. The van der Waals surface area contributed by atoms with E-state index < -0.39 is 11.5 Å². The van der Waals surface area contributed by atoms with Gasteiger partial charge in [-0.1, -0.05) is 19.8 Å². The van der Waals surface area contributed by atoms with Gasteiger partial charge in [0, 0.05) is 0 Å². The summed E-state index contributed by atoms with van der Waals surface area (Å²) in [5.74, 6) is -0.724. The fourth-order valence-electron chi connectivity index (χ4n) is 1.69. The van der Waals surface area contributed by atoms with Gasteiger partial charge in [-0.3, -0.25) is 4.79 Å². The van der Waals surface area contributed by atoms with E-state index in [1.165, 1.54) is 0 Å². The molecule has 1 fully saturated rings. The van der Waals surface area contributed by atoms with Crippen LogP contribution in [0.4, 0.5) is 0 Å². The van der Waals surface area contributed by atoms with Crippen molar-refractivity contribution < 1.29 is 9.90 Å². The molecule has 3 N–H and O–H groups in total. The number of carboxylic acid groups (broad SMARTS) is 1. The molecule has 1 aliphatic carbocycles. The van der Waals surface area contributed by atoms with Crippen LogP contribution in [0.5, 0.6) is 0 Å². The maximum Gasteiger partial charge on any atom is 0.323 e. The third kappa shape index (κ3) is 1.38. The van der Waals surface area contributed by atoms with Crippen LogP contribution in [-0.4, -0.2) is 16.6 Å². The van der Waals surface area contributed by atoms with Crippen LogP contribution in [0.15, 0.2) is 0 Å². The first kappa shape index (κ1) is 8.53. The number of hydrogen-bond acceptors (Lipinski definition) is 2. The van der Waals surface area contributed by atoms with E-state index in [4.69, 9.17) is 10.8 Å². The standard InChI is InChI=1S/C8H15NO2/c1-6-4-2-3-5-8(6,9)7(10)11/h6H,2-5,9H2,1H3,(H,10,11)/t6-,8-/m0/s1. The van der Waals surface area contributed by atoms with Crippen LogP contribution in [0, 0.1) is 5.92 Å². The van der Waals surface area contributed by atoms with Gasteiger partial charge in [0.2, 0.25) is 0 Å². The second kappa shape index (κ2) is 2.81. The van der Waals surface area contributed by atoms with Crippen LogP contribution in [0.1, 0.15) is 32.6 Å². The Morgan fingerprint density at radius 3 is 2.64 bits per heavy atom. The quantitative estimate of drug-likeness (QED) is 0.596. The molecule has 0 unspecified atom stereocenters. The Morgan fingerprint density at radius 1 is 1.64 bits per heavy atom. The Hall–Kier alpha value is -0.570. The van der Waals surface area contributed by atoms with Crippen LogP contribution >= 0.6 is 0 Å². The highest BCUT2D eigenvalue weighted by Crippen LogP contribution is 2.31. The van der Waals surface area contributed by atoms with Crippen LogP contribution in [-0.2, 0) is 4.79 Å². The minimum absolute atomic E-state index is 0.119. The molecular weight excluding hydrogens is 142 g/mol. The molecule has 0 aliphatic heterocycles. The maximum absolute atomic E-state index is 10.8. The summed E-state index contributed by atoms with van der Waals surface area (Å²) < 4.78 is 0. The molecule has 1 rings (SSSR count). The van der Waals surface area contributed by atoms with Crippen LogP contribution in [0.25, 0.3) is 0 Å². The van der Waals surface area contributed by atoms with E-state index in [2.05, 4.69) is 0 Å². The van der Waals surface area contributed by atoms with E-state index in [0.29, 0.717) is 6.42 Å². The highest BCUT2D eigenvalue weighted by molar-refractivity contribution is 5.79. The Labute approximate surface area is 66.6 Å². The Kier molecular flexibility index (Phi) is 2.18. The predicted octanol–water partition coefficient (Wildman–Crippen LogP) is 0.979. The largest absolute Gasteiger partial charge is 0.480 e. The maximum atomic E-state index is 10.8. The zero-order chi connectivity index (χ0) is 8.48. The molecule has 0 aromatic carbocycles. The lowest BCUT2D eigenvalue weighted by molar-refractivity contribution is -0.146. The lowest BCUT2D eigenvalue weighted by Gasteiger charge is -2.35. The van der Waals surface area contributed by atoms with E-state index in [0.717, 1.165) is 19.3 Å². The lowest BCUT2D eigenvalue weighted by Crippen LogP contribution is -2.54. The molecule has 0 saturated heterocycles. The Balaban J connectivity index is 2.72. The molecule has 0 radical (unpaired) electrons. The summed E-state index contributed by atoms with van der Waals surface area (Å²) in [5, 5.41) is 8.84. The summed E-state index contributed by atoms with van der Waals surface area (Å²) >= 11 is 0. The molecule has 11 heavy (non-hydrogen) atoms. The van der Waals surface area contributed by atoms with Crippen molar-refractivity contribution in [1.82, 2.24) is 0 Å². The average molecular weight is 157 g/mol. The molecule has 0 amide bonds. The highest BCUT2D eigenvalue weighted by Gasteiger charge is 2.41. The molecule has 0 spiro atoms. The predicted molar refractivity (Wildman–Crippen MR) is 42.2 cm³/mol. The van der Waals surface area contributed by atoms with Crippen molar-refractivity contribution in [3.8, 4) is 0 Å². The van der Waals surface area contributed by atoms with E-state index in [9.17, 15) is 4.79 Å². The second-order valence-electron chi connectivity index (χ2n) is 3.49. The van der Waals surface area contributed by atoms with E-state index in [1.807, 2.05) is 6.92 Å². The third-order valence-corrected chi connectivity index (χ3v) is 2.76. The number of carboxylic acids is 1. The van der Waals surface area contributed by atoms with Gasteiger partial charge in [0.1, 0.15) is 5.54 Å². The lowest BCUT2D eigenvalue weighted by atomic mass is 9.74. The van der Waals surface area contributed by atoms with Crippen molar-refractivity contribution in [2.75, 3.05) is 0 Å². The van der Waals surface area contributed by atoms with E-state index in [1.54, 1.807) is 0 Å². The summed E-state index contributed by atoms with van der Waals surface area (Å²) in [7, 11) is 0. The van der Waals surface area contributed by atoms with Crippen molar-refractivity contribution in [1.29, 1.82) is 0 Å². The van der Waals surface area contributed by atoms with Gasteiger partial charge in [0.15, 0.2) is 0 Å². The van der Waals surface area contributed by atoms with E-state index >= 15 is 0 Å². The van der Waals surface area contributed by atoms with E-state index in [-0.39, 0.29) is 5.92 Å². The summed E-state index contributed by atoms with van der Waals surface area (Å²) in [5.41, 5.74) is 4.80. The van der Waals surface area contributed by atoms with Crippen molar-refractivity contribution in [2.24, 2.45) is 11.7 Å². The summed E-state index contributed by atoms with van der Waals surface area (Å²) in [6.45, 7) is 1.92. The molecule has 0 aromatic heterocycles.